The van der Waals surface area contributed by atoms with Crippen molar-refractivity contribution in [3.63, 3.8) is 0 Å². The summed E-state index contributed by atoms with van der Waals surface area (Å²) in [6.45, 7) is 2.51. The van der Waals surface area contributed by atoms with Gasteiger partial charge in [-0.2, -0.15) is 0 Å². The smallest absolute Gasteiger partial charge is 0.260 e. The Kier molecular flexibility index (Phi) is 3.19. The van der Waals surface area contributed by atoms with Crippen molar-refractivity contribution in [2.45, 2.75) is 12.1 Å². The number of benzene rings is 1. The van der Waals surface area contributed by atoms with Crippen LogP contribution >= 0.6 is 0 Å². The van der Waals surface area contributed by atoms with Gasteiger partial charge in [0.1, 0.15) is 11.4 Å². The zero-order chi connectivity index (χ0) is 15.3. The topological polar surface area (TPSA) is 51.2 Å². The van der Waals surface area contributed by atoms with Crippen molar-refractivity contribution in [3.05, 3.63) is 23.5 Å². The minimum atomic E-state index is -0.585. The number of hydrogen-bond donors (Lipinski definition) is 0. The van der Waals surface area contributed by atoms with E-state index in [0.717, 1.165) is 6.54 Å². The lowest BCUT2D eigenvalue weighted by Crippen LogP contribution is -2.48. The fraction of sp³-hybridized carbons (Fsp3) is 0.533. The van der Waals surface area contributed by atoms with Crippen molar-refractivity contribution in [2.75, 3.05) is 40.1 Å². The lowest BCUT2D eigenvalue weighted by atomic mass is 10.1. The van der Waals surface area contributed by atoms with E-state index in [-0.39, 0.29) is 36.2 Å². The van der Waals surface area contributed by atoms with Gasteiger partial charge in [-0.3, -0.25) is 9.69 Å². The van der Waals surface area contributed by atoms with E-state index in [9.17, 15) is 9.18 Å². The molecule has 22 heavy (non-hydrogen) atoms. The summed E-state index contributed by atoms with van der Waals surface area (Å²) in [5.41, 5.74) is -0.0451. The SMILES string of the molecule is CN1CCO[C@@H]2CN(C(=O)c3c(F)ccc4c3OCO4)C[C@@H]21. The Hall–Kier alpha value is -1.86. The Morgan fingerprint density at radius 2 is 2.18 bits per heavy atom. The highest BCUT2D eigenvalue weighted by Crippen LogP contribution is 2.38. The maximum Gasteiger partial charge on any atom is 0.260 e. The minimum Gasteiger partial charge on any atom is -0.454 e. The number of nitrogens with zero attached hydrogens (tertiary/aromatic N) is 2. The third kappa shape index (κ3) is 2.04. The zero-order valence-corrected chi connectivity index (χ0v) is 12.3. The fourth-order valence-electron chi connectivity index (χ4n) is 3.33. The van der Waals surface area contributed by atoms with Crippen molar-refractivity contribution < 1.29 is 23.4 Å². The summed E-state index contributed by atoms with van der Waals surface area (Å²) in [4.78, 5) is 16.6. The van der Waals surface area contributed by atoms with Crippen LogP contribution in [0.25, 0.3) is 0 Å². The molecule has 2 atom stereocenters. The molecule has 1 aromatic carbocycles. The average Bonchev–Trinajstić information content (AvgIpc) is 3.13. The molecular weight excluding hydrogens is 291 g/mol. The number of carbonyl (C=O) groups excluding carboxylic acids is 1. The summed E-state index contributed by atoms with van der Waals surface area (Å²) >= 11 is 0. The van der Waals surface area contributed by atoms with Crippen LogP contribution in [0.15, 0.2) is 12.1 Å². The third-order valence-electron chi connectivity index (χ3n) is 4.57. The van der Waals surface area contributed by atoms with Crippen molar-refractivity contribution in [1.82, 2.24) is 9.80 Å². The molecule has 2 fully saturated rings. The van der Waals surface area contributed by atoms with Gasteiger partial charge in [0.25, 0.3) is 5.91 Å². The summed E-state index contributed by atoms with van der Waals surface area (Å²) in [5, 5.41) is 0. The summed E-state index contributed by atoms with van der Waals surface area (Å²) in [7, 11) is 2.02. The highest BCUT2D eigenvalue weighted by Gasteiger charge is 2.42. The zero-order valence-electron chi connectivity index (χ0n) is 12.3. The van der Waals surface area contributed by atoms with Crippen LogP contribution in [0.5, 0.6) is 11.5 Å². The minimum absolute atomic E-state index is 0.0101. The summed E-state index contributed by atoms with van der Waals surface area (Å²) < 4.78 is 30.4. The Bertz CT molecular complexity index is 624. The molecule has 1 amide bonds. The van der Waals surface area contributed by atoms with E-state index < -0.39 is 5.82 Å². The van der Waals surface area contributed by atoms with Gasteiger partial charge in [-0.1, -0.05) is 0 Å². The molecule has 0 radical (unpaired) electrons. The summed E-state index contributed by atoms with van der Waals surface area (Å²) in [5.74, 6) is -0.339. The number of morpholine rings is 1. The number of halogens is 1. The Balaban J connectivity index is 1.62. The maximum absolute atomic E-state index is 14.2. The molecule has 1 aromatic rings. The molecule has 0 spiro atoms. The molecular formula is C15H17FN2O4. The van der Waals surface area contributed by atoms with Crippen LogP contribution in [0.2, 0.25) is 0 Å². The predicted octanol–water partition coefficient (Wildman–Crippen LogP) is 0.709. The standard InChI is InChI=1S/C15H17FN2O4/c1-17-4-5-20-12-7-18(6-10(12)17)15(19)13-9(16)2-3-11-14(13)22-8-21-11/h2-3,10,12H,4-8H2,1H3/t10-,12+/m0/s1. The van der Waals surface area contributed by atoms with Gasteiger partial charge >= 0.3 is 0 Å². The molecule has 0 bridgehead atoms. The summed E-state index contributed by atoms with van der Waals surface area (Å²) in [6, 6.07) is 2.89. The number of rotatable bonds is 1. The number of carbonyl (C=O) groups is 1. The molecule has 0 aliphatic carbocycles. The number of likely N-dealkylation sites (tertiary alicyclic amines) is 1. The average molecular weight is 308 g/mol. The van der Waals surface area contributed by atoms with Crippen molar-refractivity contribution in [3.8, 4) is 11.5 Å². The number of ether oxygens (including phenoxy) is 3. The molecule has 2 saturated heterocycles. The maximum atomic E-state index is 14.2. The van der Waals surface area contributed by atoms with E-state index in [1.807, 2.05) is 7.05 Å². The first kappa shape index (κ1) is 13.8. The van der Waals surface area contributed by atoms with Gasteiger partial charge in [-0.25, -0.2) is 4.39 Å². The van der Waals surface area contributed by atoms with E-state index >= 15 is 0 Å². The van der Waals surface area contributed by atoms with Crippen LogP contribution in [0.4, 0.5) is 4.39 Å². The molecule has 3 aliphatic rings. The number of likely N-dealkylation sites (N-methyl/N-ethyl adjacent to an activating group) is 1. The van der Waals surface area contributed by atoms with Crippen LogP contribution in [0, 0.1) is 5.82 Å². The molecule has 4 rings (SSSR count). The Morgan fingerprint density at radius 3 is 3.00 bits per heavy atom. The molecule has 0 saturated carbocycles. The second-order valence-electron chi connectivity index (χ2n) is 5.82. The normalized spacial score (nSPS) is 27.1. The van der Waals surface area contributed by atoms with Crippen molar-refractivity contribution in [2.24, 2.45) is 0 Å². The fourth-order valence-corrected chi connectivity index (χ4v) is 3.33. The molecule has 7 heteroatoms. The molecule has 3 heterocycles. The van der Waals surface area contributed by atoms with Crippen LogP contribution in [0.1, 0.15) is 10.4 Å². The molecule has 6 nitrogen and oxygen atoms in total. The van der Waals surface area contributed by atoms with Gasteiger partial charge in [-0.05, 0) is 19.2 Å². The lowest BCUT2D eigenvalue weighted by Gasteiger charge is -2.33. The Morgan fingerprint density at radius 1 is 1.32 bits per heavy atom. The first-order valence-corrected chi connectivity index (χ1v) is 7.34. The molecule has 0 unspecified atom stereocenters. The Labute approximate surface area is 127 Å². The van der Waals surface area contributed by atoms with E-state index in [1.54, 1.807) is 4.90 Å². The summed E-state index contributed by atoms with van der Waals surface area (Å²) in [6.07, 6.45) is -0.0142. The van der Waals surface area contributed by atoms with Crippen LogP contribution in [-0.2, 0) is 4.74 Å². The van der Waals surface area contributed by atoms with Crippen LogP contribution < -0.4 is 9.47 Å². The van der Waals surface area contributed by atoms with Gasteiger partial charge in [0.05, 0.1) is 18.8 Å². The van der Waals surface area contributed by atoms with Crippen LogP contribution in [0.3, 0.4) is 0 Å². The van der Waals surface area contributed by atoms with Crippen molar-refractivity contribution >= 4 is 5.91 Å². The third-order valence-corrected chi connectivity index (χ3v) is 4.57. The van der Waals surface area contributed by atoms with E-state index in [1.165, 1.54) is 12.1 Å². The van der Waals surface area contributed by atoms with E-state index in [2.05, 4.69) is 4.90 Å². The van der Waals surface area contributed by atoms with Gasteiger partial charge in [-0.15, -0.1) is 0 Å². The first-order valence-electron chi connectivity index (χ1n) is 7.34. The van der Waals surface area contributed by atoms with Gasteiger partial charge in [0.2, 0.25) is 6.79 Å². The van der Waals surface area contributed by atoms with Gasteiger partial charge in [0.15, 0.2) is 11.5 Å². The highest BCUT2D eigenvalue weighted by molar-refractivity contribution is 5.98. The van der Waals surface area contributed by atoms with Crippen molar-refractivity contribution in [1.29, 1.82) is 0 Å². The van der Waals surface area contributed by atoms with Gasteiger partial charge in [0, 0.05) is 19.6 Å². The van der Waals surface area contributed by atoms with Gasteiger partial charge < -0.3 is 19.1 Å². The predicted molar refractivity (Wildman–Crippen MR) is 74.6 cm³/mol. The largest absolute Gasteiger partial charge is 0.454 e. The monoisotopic (exact) mass is 308 g/mol. The molecule has 0 N–H and O–H groups in total. The second kappa shape index (κ2) is 5.10. The lowest BCUT2D eigenvalue weighted by molar-refractivity contribution is -0.0368. The van der Waals surface area contributed by atoms with E-state index in [4.69, 9.17) is 14.2 Å². The molecule has 3 aliphatic heterocycles. The highest BCUT2D eigenvalue weighted by atomic mass is 19.1. The van der Waals surface area contributed by atoms with Crippen LogP contribution in [-0.4, -0.2) is 67.9 Å². The molecule has 0 aromatic heterocycles. The number of fused-ring (bicyclic) bond motifs is 2. The number of hydrogen-bond acceptors (Lipinski definition) is 5. The quantitative estimate of drug-likeness (QED) is 0.765. The second-order valence-corrected chi connectivity index (χ2v) is 5.82. The first-order chi connectivity index (χ1) is 10.6. The molecule has 118 valence electrons. The number of amides is 1. The van der Waals surface area contributed by atoms with E-state index in [0.29, 0.717) is 25.4 Å².